The summed E-state index contributed by atoms with van der Waals surface area (Å²) in [7, 11) is 1.94. The number of aliphatic hydroxyl groups is 1. The van der Waals surface area contributed by atoms with E-state index in [4.69, 9.17) is 0 Å². The lowest BCUT2D eigenvalue weighted by atomic mass is 9.96. The van der Waals surface area contributed by atoms with Crippen molar-refractivity contribution in [1.29, 1.82) is 0 Å². The number of thioether (sulfide) groups is 1. The Morgan fingerprint density at radius 3 is 2.61 bits per heavy atom. The van der Waals surface area contributed by atoms with E-state index in [1.54, 1.807) is 18.1 Å². The highest BCUT2D eigenvalue weighted by Gasteiger charge is 2.27. The number of aliphatic hydroxyl groups excluding tert-OH is 1. The number of rotatable bonds is 7. The molecule has 0 amide bonds. The van der Waals surface area contributed by atoms with Crippen LogP contribution in [0.3, 0.4) is 0 Å². The second-order valence-electron chi connectivity index (χ2n) is 5.37. The number of aryl methyl sites for hydroxylation is 1. The average Bonchev–Trinajstić information content (AvgIpc) is 2.63. The summed E-state index contributed by atoms with van der Waals surface area (Å²) in [5.74, 6) is 0. The molecule has 1 aromatic rings. The fourth-order valence-electron chi connectivity index (χ4n) is 2.10. The van der Waals surface area contributed by atoms with Gasteiger partial charge in [0, 0.05) is 23.9 Å². The maximum absolute atomic E-state index is 9.56. The highest BCUT2D eigenvalue weighted by atomic mass is 32.2. The van der Waals surface area contributed by atoms with Crippen molar-refractivity contribution in [1.82, 2.24) is 20.1 Å². The molecule has 1 rings (SSSR count). The molecule has 104 valence electrons. The van der Waals surface area contributed by atoms with Gasteiger partial charge < -0.3 is 15.0 Å². The first-order valence-corrected chi connectivity index (χ1v) is 7.13. The third-order valence-electron chi connectivity index (χ3n) is 2.70. The maximum Gasteiger partial charge on any atom is 0.190 e. The van der Waals surface area contributed by atoms with Gasteiger partial charge in [0.05, 0.1) is 6.61 Å². The van der Waals surface area contributed by atoms with Crippen molar-refractivity contribution in [3.63, 3.8) is 0 Å². The van der Waals surface area contributed by atoms with Crippen LogP contribution in [0.1, 0.15) is 34.1 Å². The van der Waals surface area contributed by atoms with Crippen LogP contribution in [0.15, 0.2) is 11.5 Å². The molecule has 0 radical (unpaired) electrons. The summed E-state index contributed by atoms with van der Waals surface area (Å²) in [5.41, 5.74) is -0.251. The summed E-state index contributed by atoms with van der Waals surface area (Å²) in [6.07, 6.45) is 2.58. The molecule has 0 aliphatic carbocycles. The van der Waals surface area contributed by atoms with Crippen LogP contribution in [0.2, 0.25) is 0 Å². The molecule has 2 atom stereocenters. The van der Waals surface area contributed by atoms with E-state index in [0.29, 0.717) is 11.3 Å². The minimum absolute atomic E-state index is 0.134. The molecule has 0 aromatic carbocycles. The Hall–Kier alpha value is -0.590. The van der Waals surface area contributed by atoms with Gasteiger partial charge in [0.25, 0.3) is 0 Å². The van der Waals surface area contributed by atoms with Crippen LogP contribution in [0.25, 0.3) is 0 Å². The van der Waals surface area contributed by atoms with Gasteiger partial charge in [0.2, 0.25) is 0 Å². The molecule has 0 bridgehead atoms. The number of hydrogen-bond donors (Lipinski definition) is 2. The van der Waals surface area contributed by atoms with Crippen molar-refractivity contribution in [3.05, 3.63) is 6.33 Å². The number of nitrogens with one attached hydrogen (secondary N) is 1. The normalized spacial score (nSPS) is 16.8. The Balaban J connectivity index is 2.57. The predicted octanol–water partition coefficient (Wildman–Crippen LogP) is 1.43. The van der Waals surface area contributed by atoms with Crippen molar-refractivity contribution in [2.75, 3.05) is 6.61 Å². The van der Waals surface area contributed by atoms with Gasteiger partial charge in [-0.15, -0.1) is 10.2 Å². The third-order valence-corrected chi connectivity index (χ3v) is 3.85. The van der Waals surface area contributed by atoms with Crippen LogP contribution in [0.5, 0.6) is 0 Å². The molecule has 2 N–H and O–H groups in total. The van der Waals surface area contributed by atoms with Crippen molar-refractivity contribution >= 4 is 11.8 Å². The highest BCUT2D eigenvalue weighted by molar-refractivity contribution is 7.99. The van der Waals surface area contributed by atoms with Crippen LogP contribution in [-0.4, -0.2) is 43.3 Å². The van der Waals surface area contributed by atoms with E-state index < -0.39 is 0 Å². The first kappa shape index (κ1) is 15.5. The van der Waals surface area contributed by atoms with E-state index in [1.165, 1.54) is 0 Å². The molecular weight excluding hydrogens is 248 g/mol. The molecule has 1 aromatic heterocycles. The molecular formula is C12H24N4OS. The van der Waals surface area contributed by atoms with Crippen molar-refractivity contribution in [2.24, 2.45) is 7.05 Å². The maximum atomic E-state index is 9.56. The lowest BCUT2D eigenvalue weighted by molar-refractivity contribution is 0.157. The van der Waals surface area contributed by atoms with Crippen LogP contribution in [0.4, 0.5) is 0 Å². The van der Waals surface area contributed by atoms with E-state index in [0.717, 1.165) is 11.6 Å². The van der Waals surface area contributed by atoms with Gasteiger partial charge in [0.15, 0.2) is 5.16 Å². The molecule has 0 aliphatic rings. The molecule has 1 heterocycles. The molecule has 2 unspecified atom stereocenters. The lowest BCUT2D eigenvalue weighted by Crippen LogP contribution is -2.50. The zero-order valence-electron chi connectivity index (χ0n) is 11.8. The minimum atomic E-state index is -0.251. The van der Waals surface area contributed by atoms with E-state index >= 15 is 0 Å². The quantitative estimate of drug-likeness (QED) is 0.735. The summed E-state index contributed by atoms with van der Waals surface area (Å²) in [5, 5.41) is 22.2. The summed E-state index contributed by atoms with van der Waals surface area (Å²) in [6.45, 7) is 8.52. The van der Waals surface area contributed by atoms with Gasteiger partial charge in [-0.05, 0) is 13.3 Å². The average molecular weight is 272 g/mol. The molecule has 0 spiro atoms. The Morgan fingerprint density at radius 2 is 2.17 bits per heavy atom. The SMILES string of the molecule is CC(C)NC(C)(CO)CC(C)Sc1nncn1C. The summed E-state index contributed by atoms with van der Waals surface area (Å²) in [4.78, 5) is 0. The van der Waals surface area contributed by atoms with Gasteiger partial charge in [-0.25, -0.2) is 0 Å². The van der Waals surface area contributed by atoms with Crippen molar-refractivity contribution in [2.45, 2.75) is 56.1 Å². The first-order chi connectivity index (χ1) is 8.36. The Bertz CT molecular complexity index is 369. The summed E-state index contributed by atoms with van der Waals surface area (Å²) in [6, 6.07) is 0.356. The van der Waals surface area contributed by atoms with Gasteiger partial charge in [-0.2, -0.15) is 0 Å². The number of hydrogen-bond acceptors (Lipinski definition) is 5. The zero-order valence-corrected chi connectivity index (χ0v) is 12.7. The van der Waals surface area contributed by atoms with Crippen LogP contribution in [-0.2, 0) is 7.05 Å². The summed E-state index contributed by atoms with van der Waals surface area (Å²) >= 11 is 1.68. The molecule has 6 heteroatoms. The Labute approximate surface area is 113 Å². The van der Waals surface area contributed by atoms with Crippen LogP contribution in [0, 0.1) is 0 Å². The second kappa shape index (κ2) is 6.54. The molecule has 0 fully saturated rings. The molecule has 0 aliphatic heterocycles. The number of aromatic nitrogens is 3. The van der Waals surface area contributed by atoms with E-state index in [-0.39, 0.29) is 12.1 Å². The minimum Gasteiger partial charge on any atom is -0.394 e. The second-order valence-corrected chi connectivity index (χ2v) is 6.78. The fraction of sp³-hybridized carbons (Fsp3) is 0.833. The van der Waals surface area contributed by atoms with Gasteiger partial charge in [-0.3, -0.25) is 0 Å². The smallest absolute Gasteiger partial charge is 0.190 e. The Morgan fingerprint density at radius 1 is 1.50 bits per heavy atom. The van der Waals surface area contributed by atoms with E-state index in [1.807, 2.05) is 11.6 Å². The van der Waals surface area contributed by atoms with Gasteiger partial charge >= 0.3 is 0 Å². The van der Waals surface area contributed by atoms with Crippen LogP contribution >= 0.6 is 11.8 Å². The van der Waals surface area contributed by atoms with Crippen molar-refractivity contribution < 1.29 is 5.11 Å². The largest absolute Gasteiger partial charge is 0.394 e. The monoisotopic (exact) mass is 272 g/mol. The van der Waals surface area contributed by atoms with Gasteiger partial charge in [0.1, 0.15) is 6.33 Å². The molecule has 18 heavy (non-hydrogen) atoms. The molecule has 0 saturated heterocycles. The first-order valence-electron chi connectivity index (χ1n) is 6.25. The van der Waals surface area contributed by atoms with E-state index in [9.17, 15) is 5.11 Å². The Kier molecular flexibility index (Phi) is 5.62. The standard InChI is InChI=1S/C12H24N4OS/c1-9(2)14-12(4,7-17)6-10(3)18-11-15-13-8-16(11)5/h8-10,14,17H,6-7H2,1-5H3. The van der Waals surface area contributed by atoms with Gasteiger partial charge in [-0.1, -0.05) is 32.5 Å². The molecule has 5 nitrogen and oxygen atoms in total. The summed E-state index contributed by atoms with van der Waals surface area (Å²) < 4.78 is 1.91. The number of nitrogens with zero attached hydrogens (tertiary/aromatic N) is 3. The zero-order chi connectivity index (χ0) is 13.8. The van der Waals surface area contributed by atoms with E-state index in [2.05, 4.69) is 43.2 Å². The third kappa shape index (κ3) is 4.59. The highest BCUT2D eigenvalue weighted by Crippen LogP contribution is 2.27. The van der Waals surface area contributed by atoms with Crippen LogP contribution < -0.4 is 5.32 Å². The lowest BCUT2D eigenvalue weighted by Gasteiger charge is -2.33. The molecule has 0 saturated carbocycles. The topological polar surface area (TPSA) is 63.0 Å². The predicted molar refractivity (Wildman–Crippen MR) is 74.7 cm³/mol. The van der Waals surface area contributed by atoms with Crippen molar-refractivity contribution in [3.8, 4) is 0 Å². The fourth-order valence-corrected chi connectivity index (χ4v) is 3.22.